The predicted octanol–water partition coefficient (Wildman–Crippen LogP) is 4.20. The number of nitrogens with zero attached hydrogens (tertiary/aromatic N) is 1. The Kier molecular flexibility index (Phi) is 3.97. The first-order chi connectivity index (χ1) is 8.16. The smallest absolute Gasteiger partial charge is 0.162 e. The summed E-state index contributed by atoms with van der Waals surface area (Å²) < 4.78 is 1.04. The monoisotopic (exact) mass is 307 g/mol. The van der Waals surface area contributed by atoms with Crippen LogP contribution in [0.25, 0.3) is 0 Å². The second-order valence-corrected chi connectivity index (χ2v) is 5.45. The lowest BCUT2D eigenvalue weighted by atomic mass is 10.2. The van der Waals surface area contributed by atoms with Gasteiger partial charge in [0.25, 0.3) is 0 Å². The van der Waals surface area contributed by atoms with Gasteiger partial charge in [-0.3, -0.25) is 4.79 Å². The molecule has 0 saturated carbocycles. The summed E-state index contributed by atoms with van der Waals surface area (Å²) in [6.45, 7) is 1.56. The summed E-state index contributed by atoms with van der Waals surface area (Å²) in [6.07, 6.45) is 1.70. The van der Waals surface area contributed by atoms with E-state index in [0.717, 1.165) is 14.4 Å². The third-order valence-corrected chi connectivity index (χ3v) is 3.73. The molecule has 0 atom stereocenters. The Balaban J connectivity index is 2.30. The molecule has 0 radical (unpaired) electrons. The molecule has 2 nitrogen and oxygen atoms in total. The van der Waals surface area contributed by atoms with Gasteiger partial charge in [0.15, 0.2) is 5.78 Å². The van der Waals surface area contributed by atoms with Gasteiger partial charge in [-0.25, -0.2) is 4.98 Å². The highest BCUT2D eigenvalue weighted by Gasteiger charge is 2.09. The molecule has 1 aromatic heterocycles. The first-order valence-corrected chi connectivity index (χ1v) is 6.67. The van der Waals surface area contributed by atoms with Crippen LogP contribution in [-0.4, -0.2) is 10.8 Å². The number of Topliss-reactive ketones (excluding diaryl/α,β-unsaturated/α-hetero) is 1. The lowest BCUT2D eigenvalue weighted by Gasteiger charge is -2.05. The zero-order valence-electron chi connectivity index (χ0n) is 9.18. The Morgan fingerprint density at radius 2 is 1.94 bits per heavy atom. The number of carbonyl (C=O) groups excluding carboxylic acids is 1. The van der Waals surface area contributed by atoms with Crippen LogP contribution in [0.5, 0.6) is 0 Å². The summed E-state index contributed by atoms with van der Waals surface area (Å²) in [5, 5.41) is 0.752. The van der Waals surface area contributed by atoms with Gasteiger partial charge in [0, 0.05) is 21.1 Å². The van der Waals surface area contributed by atoms with E-state index >= 15 is 0 Å². The van der Waals surface area contributed by atoms with Crippen LogP contribution in [0.4, 0.5) is 0 Å². The first-order valence-electron chi connectivity index (χ1n) is 5.06. The van der Waals surface area contributed by atoms with E-state index < -0.39 is 0 Å². The van der Waals surface area contributed by atoms with Crippen LogP contribution in [-0.2, 0) is 0 Å². The van der Waals surface area contributed by atoms with Crippen molar-refractivity contribution in [2.45, 2.75) is 16.8 Å². The largest absolute Gasteiger partial charge is 0.294 e. The van der Waals surface area contributed by atoms with Gasteiger partial charge in [-0.1, -0.05) is 27.7 Å². The van der Waals surface area contributed by atoms with E-state index in [-0.39, 0.29) is 5.78 Å². The first kappa shape index (κ1) is 12.3. The van der Waals surface area contributed by atoms with Crippen LogP contribution in [0.2, 0.25) is 0 Å². The Morgan fingerprint density at radius 1 is 1.24 bits per heavy atom. The van der Waals surface area contributed by atoms with E-state index in [2.05, 4.69) is 20.9 Å². The number of hydrogen-bond acceptors (Lipinski definition) is 3. The molecule has 0 aliphatic carbocycles. The van der Waals surface area contributed by atoms with Gasteiger partial charge in [-0.15, -0.1) is 0 Å². The van der Waals surface area contributed by atoms with E-state index in [1.54, 1.807) is 25.3 Å². The van der Waals surface area contributed by atoms with Crippen LogP contribution >= 0.6 is 27.7 Å². The van der Waals surface area contributed by atoms with E-state index in [1.807, 2.05) is 24.3 Å². The van der Waals surface area contributed by atoms with Crippen molar-refractivity contribution in [3.8, 4) is 0 Å². The molecule has 0 saturated heterocycles. The van der Waals surface area contributed by atoms with Crippen molar-refractivity contribution in [2.24, 2.45) is 0 Å². The van der Waals surface area contributed by atoms with Gasteiger partial charge < -0.3 is 0 Å². The fourth-order valence-electron chi connectivity index (χ4n) is 1.35. The Hall–Kier alpha value is -1.13. The average molecular weight is 308 g/mol. The third-order valence-electron chi connectivity index (χ3n) is 2.18. The molecule has 0 bridgehead atoms. The number of halogens is 1. The van der Waals surface area contributed by atoms with Crippen LogP contribution in [0.1, 0.15) is 17.3 Å². The van der Waals surface area contributed by atoms with E-state index in [0.29, 0.717) is 5.56 Å². The van der Waals surface area contributed by atoms with E-state index in [1.165, 1.54) is 11.8 Å². The number of rotatable bonds is 3. The number of aromatic nitrogens is 1. The summed E-state index contributed by atoms with van der Waals surface area (Å²) >= 11 is 4.89. The van der Waals surface area contributed by atoms with Gasteiger partial charge >= 0.3 is 0 Å². The fourth-order valence-corrected chi connectivity index (χ4v) is 2.55. The van der Waals surface area contributed by atoms with Crippen molar-refractivity contribution in [1.82, 2.24) is 4.98 Å². The molecular weight excluding hydrogens is 298 g/mol. The third kappa shape index (κ3) is 3.17. The number of pyridine rings is 1. The minimum atomic E-state index is 0.0395. The number of hydrogen-bond donors (Lipinski definition) is 0. The summed E-state index contributed by atoms with van der Waals surface area (Å²) in [7, 11) is 0. The van der Waals surface area contributed by atoms with Gasteiger partial charge in [0.05, 0.1) is 0 Å². The molecule has 0 fully saturated rings. The molecule has 1 aromatic carbocycles. The van der Waals surface area contributed by atoms with Crippen LogP contribution < -0.4 is 0 Å². The SMILES string of the molecule is CC(=O)c1cccnc1Sc1ccc(Br)cc1. The number of benzene rings is 1. The molecule has 0 aliphatic rings. The van der Waals surface area contributed by atoms with Crippen molar-refractivity contribution in [3.05, 3.63) is 52.6 Å². The summed E-state index contributed by atoms with van der Waals surface area (Å²) in [4.78, 5) is 16.8. The molecule has 2 aromatic rings. The lowest BCUT2D eigenvalue weighted by Crippen LogP contribution is -1.96. The molecule has 0 unspecified atom stereocenters. The molecule has 86 valence electrons. The standard InChI is InChI=1S/C13H10BrNOS/c1-9(16)12-3-2-8-15-13(12)17-11-6-4-10(14)5-7-11/h2-8H,1H3. The second-order valence-electron chi connectivity index (χ2n) is 3.47. The van der Waals surface area contributed by atoms with Gasteiger partial charge in [-0.05, 0) is 43.3 Å². The maximum atomic E-state index is 11.4. The minimum Gasteiger partial charge on any atom is -0.294 e. The maximum Gasteiger partial charge on any atom is 0.162 e. The molecule has 17 heavy (non-hydrogen) atoms. The number of ketones is 1. The molecular formula is C13H10BrNOS. The molecule has 1 heterocycles. The summed E-state index contributed by atoms with van der Waals surface area (Å²) in [5.41, 5.74) is 0.667. The van der Waals surface area contributed by atoms with Crippen molar-refractivity contribution in [1.29, 1.82) is 0 Å². The predicted molar refractivity (Wildman–Crippen MR) is 72.5 cm³/mol. The van der Waals surface area contributed by atoms with Gasteiger partial charge in [0.1, 0.15) is 5.03 Å². The van der Waals surface area contributed by atoms with Crippen LogP contribution in [0.3, 0.4) is 0 Å². The summed E-state index contributed by atoms with van der Waals surface area (Å²) in [6, 6.07) is 11.5. The highest BCUT2D eigenvalue weighted by atomic mass is 79.9. The molecule has 2 rings (SSSR count). The molecule has 0 spiro atoms. The Bertz CT molecular complexity index is 539. The minimum absolute atomic E-state index is 0.0395. The van der Waals surface area contributed by atoms with E-state index in [9.17, 15) is 4.79 Å². The van der Waals surface area contributed by atoms with Crippen molar-refractivity contribution in [3.63, 3.8) is 0 Å². The van der Waals surface area contributed by atoms with Crippen molar-refractivity contribution >= 4 is 33.5 Å². The lowest BCUT2D eigenvalue weighted by molar-refractivity contribution is 0.101. The van der Waals surface area contributed by atoms with Crippen LogP contribution in [0, 0.1) is 0 Å². The molecule has 0 N–H and O–H groups in total. The van der Waals surface area contributed by atoms with Crippen LogP contribution in [0.15, 0.2) is 57.0 Å². The molecule has 4 heteroatoms. The van der Waals surface area contributed by atoms with E-state index in [4.69, 9.17) is 0 Å². The Labute approximate surface area is 113 Å². The molecule has 0 amide bonds. The molecule has 0 aliphatic heterocycles. The highest BCUT2D eigenvalue weighted by Crippen LogP contribution is 2.29. The number of carbonyl (C=O) groups is 1. The van der Waals surface area contributed by atoms with Crippen molar-refractivity contribution < 1.29 is 4.79 Å². The topological polar surface area (TPSA) is 30.0 Å². The Morgan fingerprint density at radius 3 is 2.59 bits per heavy atom. The fraction of sp³-hybridized carbons (Fsp3) is 0.0769. The van der Waals surface area contributed by atoms with Crippen molar-refractivity contribution in [2.75, 3.05) is 0 Å². The van der Waals surface area contributed by atoms with Gasteiger partial charge in [0.2, 0.25) is 0 Å². The zero-order chi connectivity index (χ0) is 12.3. The zero-order valence-corrected chi connectivity index (χ0v) is 11.6. The second kappa shape index (κ2) is 5.47. The highest BCUT2D eigenvalue weighted by molar-refractivity contribution is 9.10. The normalized spacial score (nSPS) is 10.2. The maximum absolute atomic E-state index is 11.4. The summed E-state index contributed by atoms with van der Waals surface area (Å²) in [5.74, 6) is 0.0395. The van der Waals surface area contributed by atoms with Gasteiger partial charge in [-0.2, -0.15) is 0 Å². The average Bonchev–Trinajstić information content (AvgIpc) is 2.32. The quantitative estimate of drug-likeness (QED) is 0.796.